The van der Waals surface area contributed by atoms with Crippen LogP contribution in [-0.2, 0) is 0 Å². The van der Waals surface area contributed by atoms with E-state index in [2.05, 4.69) is 6.92 Å². The van der Waals surface area contributed by atoms with E-state index >= 15 is 0 Å². The van der Waals surface area contributed by atoms with Crippen LogP contribution in [0.25, 0.3) is 0 Å². The lowest BCUT2D eigenvalue weighted by Gasteiger charge is -2.19. The van der Waals surface area contributed by atoms with Crippen molar-refractivity contribution in [2.24, 2.45) is 0 Å². The summed E-state index contributed by atoms with van der Waals surface area (Å²) in [4.78, 5) is 0. The van der Waals surface area contributed by atoms with Crippen LogP contribution >= 0.6 is 0 Å². The second-order valence-electron chi connectivity index (χ2n) is 2.59. The second kappa shape index (κ2) is 4.72. The Morgan fingerprint density at radius 2 is 1.46 bits per heavy atom. The highest BCUT2D eigenvalue weighted by Crippen LogP contribution is 2.30. The van der Waals surface area contributed by atoms with Gasteiger partial charge in [-0.2, -0.15) is 0 Å². The Hall–Kier alpha value is -0.420. The third-order valence-electron chi connectivity index (χ3n) is 1.45. The van der Waals surface area contributed by atoms with Crippen molar-refractivity contribution >= 4 is 0 Å². The van der Waals surface area contributed by atoms with Crippen LogP contribution in [0.5, 0.6) is 0 Å². The minimum Gasteiger partial charge on any atom is -0.244 e. The number of alkyl halides is 6. The first-order valence-corrected chi connectivity index (χ1v) is 3.54. The lowest BCUT2D eigenvalue weighted by molar-refractivity contribution is -0.146. The summed E-state index contributed by atoms with van der Waals surface area (Å²) in [5.74, 6) is -4.47. The van der Waals surface area contributed by atoms with Gasteiger partial charge in [0.25, 0.3) is 0 Å². The van der Waals surface area contributed by atoms with Gasteiger partial charge in [0.05, 0.1) is 6.42 Å². The second-order valence-corrected chi connectivity index (χ2v) is 2.59. The highest BCUT2D eigenvalue weighted by atomic mass is 19.3. The molecule has 0 saturated heterocycles. The Labute approximate surface area is 71.9 Å². The molecular formula is C7H9F6. The highest BCUT2D eigenvalue weighted by molar-refractivity contribution is 4.79. The van der Waals surface area contributed by atoms with Gasteiger partial charge in [-0.3, -0.25) is 0 Å². The van der Waals surface area contributed by atoms with Crippen molar-refractivity contribution in [1.82, 2.24) is 0 Å². The summed E-state index contributed by atoms with van der Waals surface area (Å²) >= 11 is 0. The molecule has 0 aromatic carbocycles. The van der Waals surface area contributed by atoms with Gasteiger partial charge in [-0.15, -0.1) is 0 Å². The van der Waals surface area contributed by atoms with Crippen molar-refractivity contribution in [2.75, 3.05) is 0 Å². The minimum atomic E-state index is -4.47. The van der Waals surface area contributed by atoms with E-state index in [1.165, 1.54) is 0 Å². The first kappa shape index (κ1) is 12.6. The van der Waals surface area contributed by atoms with E-state index in [1.807, 2.05) is 0 Å². The van der Waals surface area contributed by atoms with E-state index in [4.69, 9.17) is 0 Å². The van der Waals surface area contributed by atoms with Gasteiger partial charge in [0.1, 0.15) is 12.3 Å². The van der Waals surface area contributed by atoms with Gasteiger partial charge in [-0.05, 0) is 6.42 Å². The zero-order valence-corrected chi connectivity index (χ0v) is 6.62. The van der Waals surface area contributed by atoms with Crippen LogP contribution in [0, 0.1) is 6.92 Å². The van der Waals surface area contributed by atoms with Crippen molar-refractivity contribution in [2.45, 2.75) is 37.5 Å². The van der Waals surface area contributed by atoms with Crippen molar-refractivity contribution in [3.63, 3.8) is 0 Å². The van der Waals surface area contributed by atoms with Crippen molar-refractivity contribution in [3.05, 3.63) is 6.92 Å². The van der Waals surface area contributed by atoms with E-state index in [0.717, 1.165) is 0 Å². The van der Waals surface area contributed by atoms with Crippen LogP contribution in [0.1, 0.15) is 12.8 Å². The summed E-state index contributed by atoms with van der Waals surface area (Å²) in [5.41, 5.74) is 0. The molecule has 0 N–H and O–H groups in total. The Morgan fingerprint density at radius 3 is 1.77 bits per heavy atom. The van der Waals surface area contributed by atoms with Crippen LogP contribution < -0.4 is 0 Å². The molecule has 0 aliphatic heterocycles. The maximum absolute atomic E-state index is 12.4. The smallest absolute Gasteiger partial charge is 0.244 e. The molecule has 0 aromatic heterocycles. The third kappa shape index (κ3) is 3.87. The van der Waals surface area contributed by atoms with Gasteiger partial charge in [-0.25, -0.2) is 26.3 Å². The fraction of sp³-hybridized carbons (Fsp3) is 0.857. The molecule has 0 heterocycles. The Balaban J connectivity index is 4.11. The Kier molecular flexibility index (Phi) is 4.56. The van der Waals surface area contributed by atoms with E-state index in [1.54, 1.807) is 0 Å². The fourth-order valence-corrected chi connectivity index (χ4v) is 0.658. The predicted octanol–water partition coefficient (Wildman–Crippen LogP) is 3.18. The SMILES string of the molecule is [CH2]CC(F)[C@@H](F)CC(F)(F)C(F)F. The van der Waals surface area contributed by atoms with Crippen molar-refractivity contribution in [1.29, 1.82) is 0 Å². The quantitative estimate of drug-likeness (QED) is 0.607. The topological polar surface area (TPSA) is 0 Å². The largest absolute Gasteiger partial charge is 0.310 e. The average molecular weight is 207 g/mol. The van der Waals surface area contributed by atoms with E-state index in [9.17, 15) is 26.3 Å². The molecule has 0 aliphatic carbocycles. The molecule has 1 radical (unpaired) electrons. The molecule has 0 amide bonds. The van der Waals surface area contributed by atoms with Crippen LogP contribution in [-0.4, -0.2) is 24.7 Å². The Morgan fingerprint density at radius 1 is 1.00 bits per heavy atom. The van der Waals surface area contributed by atoms with Crippen LogP contribution in [0.15, 0.2) is 0 Å². The van der Waals surface area contributed by atoms with Crippen molar-refractivity contribution < 1.29 is 26.3 Å². The van der Waals surface area contributed by atoms with Crippen LogP contribution in [0.4, 0.5) is 26.3 Å². The molecule has 2 atom stereocenters. The summed E-state index contributed by atoms with van der Waals surface area (Å²) in [6, 6.07) is 0. The molecule has 13 heavy (non-hydrogen) atoms. The first-order chi connectivity index (χ1) is 5.81. The Bertz CT molecular complexity index is 146. The molecule has 0 fully saturated rings. The molecule has 0 aliphatic rings. The summed E-state index contributed by atoms with van der Waals surface area (Å²) in [7, 11) is 0. The van der Waals surface area contributed by atoms with Gasteiger partial charge in [0, 0.05) is 0 Å². The number of hydrogen-bond acceptors (Lipinski definition) is 0. The molecule has 0 nitrogen and oxygen atoms in total. The summed E-state index contributed by atoms with van der Waals surface area (Å²) < 4.78 is 71.9. The standard InChI is InChI=1S/C7H9F6/c1-2-4(8)5(9)3-7(12,13)6(10)11/h4-6H,1-3H2/t4?,5-/m0/s1. The van der Waals surface area contributed by atoms with E-state index < -0.39 is 37.5 Å². The predicted molar refractivity (Wildman–Crippen MR) is 35.3 cm³/mol. The maximum atomic E-state index is 12.4. The maximum Gasteiger partial charge on any atom is 0.310 e. The molecule has 0 saturated carbocycles. The third-order valence-corrected chi connectivity index (χ3v) is 1.45. The lowest BCUT2D eigenvalue weighted by atomic mass is 10.1. The monoisotopic (exact) mass is 207 g/mol. The lowest BCUT2D eigenvalue weighted by Crippen LogP contribution is -2.33. The van der Waals surface area contributed by atoms with E-state index in [0.29, 0.717) is 0 Å². The molecule has 0 aromatic rings. The molecular weight excluding hydrogens is 198 g/mol. The van der Waals surface area contributed by atoms with Gasteiger partial charge in [0.15, 0.2) is 0 Å². The van der Waals surface area contributed by atoms with Crippen LogP contribution in [0.3, 0.4) is 0 Å². The van der Waals surface area contributed by atoms with Crippen LogP contribution in [0.2, 0.25) is 0 Å². The molecule has 1 unspecified atom stereocenters. The first-order valence-electron chi connectivity index (χ1n) is 3.54. The normalized spacial score (nSPS) is 17.5. The average Bonchev–Trinajstić information content (AvgIpc) is 2.01. The molecule has 0 spiro atoms. The van der Waals surface area contributed by atoms with Gasteiger partial charge in [0.2, 0.25) is 0 Å². The summed E-state index contributed by atoms with van der Waals surface area (Å²) in [5, 5.41) is 0. The van der Waals surface area contributed by atoms with Gasteiger partial charge >= 0.3 is 12.3 Å². The number of rotatable bonds is 5. The summed E-state index contributed by atoms with van der Waals surface area (Å²) in [6.45, 7) is 2.93. The van der Waals surface area contributed by atoms with Gasteiger partial charge < -0.3 is 0 Å². The fourth-order valence-electron chi connectivity index (χ4n) is 0.658. The zero-order chi connectivity index (χ0) is 10.6. The van der Waals surface area contributed by atoms with E-state index in [-0.39, 0.29) is 0 Å². The zero-order valence-electron chi connectivity index (χ0n) is 6.62. The number of halogens is 6. The molecule has 0 bridgehead atoms. The molecule has 0 rings (SSSR count). The molecule has 79 valence electrons. The van der Waals surface area contributed by atoms with Gasteiger partial charge in [-0.1, -0.05) is 6.92 Å². The minimum absolute atomic E-state index is 0.555. The molecule has 6 heteroatoms. The highest BCUT2D eigenvalue weighted by Gasteiger charge is 2.44. The summed E-state index contributed by atoms with van der Waals surface area (Å²) in [6.07, 6.45) is -11.1. The van der Waals surface area contributed by atoms with Crippen molar-refractivity contribution in [3.8, 4) is 0 Å². The number of hydrogen-bond donors (Lipinski definition) is 0.